The Kier molecular flexibility index (Phi) is 7.72. The van der Waals surface area contributed by atoms with Crippen LogP contribution in [0, 0.1) is 0 Å². The molecule has 0 N–H and O–H groups in total. The molecule has 0 aliphatic rings. The van der Waals surface area contributed by atoms with Gasteiger partial charge in [0.05, 0.1) is 23.9 Å². The molecule has 3 heteroatoms. The molecule has 0 atom stereocenters. The standard InChI is InChI=1S/C35H35N2P/c1-26(2)31-22-14-23-32(27(3)4)35(31)37-38(29-18-10-6-11-19-29,30-20-12-7-13-21-30)34-25-15-24-33(36-34)28-16-8-5-9-17-28/h5-27H,1-4H3. The first kappa shape index (κ1) is 25.9. The molecule has 0 aliphatic heterocycles. The summed E-state index contributed by atoms with van der Waals surface area (Å²) in [6.07, 6.45) is 0. The molecule has 0 spiro atoms. The molecule has 0 fully saturated rings. The zero-order valence-electron chi connectivity index (χ0n) is 22.6. The Balaban J connectivity index is 1.95. The van der Waals surface area contributed by atoms with Crippen molar-refractivity contribution in [1.82, 2.24) is 4.98 Å². The number of hydrogen-bond donors (Lipinski definition) is 0. The fourth-order valence-corrected chi connectivity index (χ4v) is 8.47. The van der Waals surface area contributed by atoms with Crippen molar-refractivity contribution >= 4 is 28.8 Å². The summed E-state index contributed by atoms with van der Waals surface area (Å²) in [6, 6.07) is 45.1. The number of rotatable bonds is 7. The third-order valence-corrected chi connectivity index (χ3v) is 10.5. The van der Waals surface area contributed by atoms with Crippen LogP contribution in [0.1, 0.15) is 50.7 Å². The van der Waals surface area contributed by atoms with Crippen molar-refractivity contribution < 1.29 is 0 Å². The molecule has 38 heavy (non-hydrogen) atoms. The van der Waals surface area contributed by atoms with E-state index in [9.17, 15) is 0 Å². The van der Waals surface area contributed by atoms with Gasteiger partial charge in [-0.1, -0.05) is 143 Å². The minimum atomic E-state index is -2.54. The summed E-state index contributed by atoms with van der Waals surface area (Å²) in [4.78, 5) is 5.37. The maximum atomic E-state index is 5.93. The van der Waals surface area contributed by atoms with E-state index in [2.05, 4.69) is 149 Å². The number of aromatic nitrogens is 1. The smallest absolute Gasteiger partial charge is 0.0894 e. The molecule has 190 valence electrons. The number of nitrogens with zero attached hydrogens (tertiary/aromatic N) is 2. The molecule has 0 aliphatic carbocycles. The summed E-state index contributed by atoms with van der Waals surface area (Å²) in [6.45, 7) is 9.05. The summed E-state index contributed by atoms with van der Waals surface area (Å²) >= 11 is 0. The topological polar surface area (TPSA) is 25.2 Å². The van der Waals surface area contributed by atoms with Crippen molar-refractivity contribution in [3.05, 3.63) is 139 Å². The van der Waals surface area contributed by atoms with Gasteiger partial charge in [0.2, 0.25) is 0 Å². The molecule has 2 nitrogen and oxygen atoms in total. The van der Waals surface area contributed by atoms with Gasteiger partial charge in [0, 0.05) is 16.2 Å². The Morgan fingerprint density at radius 3 is 1.50 bits per heavy atom. The number of benzene rings is 4. The van der Waals surface area contributed by atoms with E-state index >= 15 is 0 Å². The predicted octanol–water partition coefficient (Wildman–Crippen LogP) is 8.80. The molecule has 1 heterocycles. The van der Waals surface area contributed by atoms with Crippen LogP contribution in [0.2, 0.25) is 0 Å². The van der Waals surface area contributed by atoms with Crippen LogP contribution >= 0.6 is 7.05 Å². The highest BCUT2D eigenvalue weighted by molar-refractivity contribution is 7.87. The normalized spacial score (nSPS) is 11.6. The molecule has 4 aromatic carbocycles. The Bertz CT molecular complexity index is 1490. The van der Waals surface area contributed by atoms with Crippen LogP contribution in [0.3, 0.4) is 0 Å². The lowest BCUT2D eigenvalue weighted by atomic mass is 9.93. The average Bonchev–Trinajstić information content (AvgIpc) is 2.97. The van der Waals surface area contributed by atoms with E-state index in [1.807, 2.05) is 6.07 Å². The van der Waals surface area contributed by atoms with Crippen LogP contribution in [0.4, 0.5) is 5.69 Å². The second-order valence-corrected chi connectivity index (χ2v) is 13.2. The van der Waals surface area contributed by atoms with E-state index in [1.165, 1.54) is 21.7 Å². The molecule has 0 unspecified atom stereocenters. The van der Waals surface area contributed by atoms with Gasteiger partial charge in [0.1, 0.15) is 0 Å². The molecule has 5 rings (SSSR count). The van der Waals surface area contributed by atoms with E-state index in [-0.39, 0.29) is 0 Å². The fraction of sp³-hybridized carbons (Fsp3) is 0.171. The quantitative estimate of drug-likeness (QED) is 0.199. The summed E-state index contributed by atoms with van der Waals surface area (Å²) in [5, 5.41) is 2.41. The number of pyridine rings is 1. The van der Waals surface area contributed by atoms with Crippen molar-refractivity contribution in [3.8, 4) is 11.3 Å². The van der Waals surface area contributed by atoms with E-state index in [1.54, 1.807) is 0 Å². The van der Waals surface area contributed by atoms with Gasteiger partial charge in [0.25, 0.3) is 0 Å². The van der Waals surface area contributed by atoms with Gasteiger partial charge in [-0.2, -0.15) is 0 Å². The van der Waals surface area contributed by atoms with E-state index < -0.39 is 7.05 Å². The summed E-state index contributed by atoms with van der Waals surface area (Å²) in [7, 11) is -2.54. The summed E-state index contributed by atoms with van der Waals surface area (Å²) < 4.78 is 5.93. The molecule has 5 aromatic rings. The van der Waals surface area contributed by atoms with E-state index in [4.69, 9.17) is 9.73 Å². The van der Waals surface area contributed by atoms with Gasteiger partial charge in [0.15, 0.2) is 0 Å². The second kappa shape index (κ2) is 11.3. The Morgan fingerprint density at radius 2 is 1.00 bits per heavy atom. The third kappa shape index (κ3) is 5.02. The maximum absolute atomic E-state index is 5.93. The Labute approximate surface area is 227 Å². The van der Waals surface area contributed by atoms with Crippen LogP contribution in [-0.2, 0) is 0 Å². The number of hydrogen-bond acceptors (Lipinski definition) is 2. The summed E-state index contributed by atoms with van der Waals surface area (Å²) in [5.74, 6) is 0.703. The molecule has 1 aromatic heterocycles. The Morgan fingerprint density at radius 1 is 0.526 bits per heavy atom. The van der Waals surface area contributed by atoms with Crippen LogP contribution in [0.25, 0.3) is 11.3 Å². The van der Waals surface area contributed by atoms with Crippen LogP contribution < -0.4 is 16.0 Å². The zero-order chi connectivity index (χ0) is 26.5. The molecule has 0 bridgehead atoms. The minimum Gasteiger partial charge on any atom is -0.252 e. The van der Waals surface area contributed by atoms with Gasteiger partial charge in [-0.25, -0.2) is 4.98 Å². The first-order chi connectivity index (χ1) is 18.5. The van der Waals surface area contributed by atoms with Gasteiger partial charge in [-0.15, -0.1) is 0 Å². The highest BCUT2D eigenvalue weighted by atomic mass is 31.2. The molecular weight excluding hydrogens is 479 g/mol. The van der Waals surface area contributed by atoms with Gasteiger partial charge in [-0.05, 0) is 35.1 Å². The van der Waals surface area contributed by atoms with Gasteiger partial charge < -0.3 is 0 Å². The monoisotopic (exact) mass is 514 g/mol. The van der Waals surface area contributed by atoms with Crippen LogP contribution in [-0.4, -0.2) is 4.98 Å². The minimum absolute atomic E-state index is 0.351. The molecule has 0 amide bonds. The lowest BCUT2D eigenvalue weighted by Crippen LogP contribution is -2.27. The average molecular weight is 515 g/mol. The van der Waals surface area contributed by atoms with Crippen molar-refractivity contribution in [2.24, 2.45) is 4.74 Å². The van der Waals surface area contributed by atoms with Gasteiger partial charge in [-0.3, -0.25) is 4.74 Å². The maximum Gasteiger partial charge on any atom is 0.0894 e. The zero-order valence-corrected chi connectivity index (χ0v) is 23.5. The summed E-state index contributed by atoms with van der Waals surface area (Å²) in [5.41, 5.74) is 6.78. The second-order valence-electron chi connectivity index (χ2n) is 10.2. The van der Waals surface area contributed by atoms with Crippen molar-refractivity contribution in [2.45, 2.75) is 39.5 Å². The first-order valence-electron chi connectivity index (χ1n) is 13.4. The van der Waals surface area contributed by atoms with Crippen LogP contribution in [0.5, 0.6) is 0 Å². The fourth-order valence-electron chi connectivity index (χ4n) is 5.02. The molecule has 0 saturated heterocycles. The predicted molar refractivity (Wildman–Crippen MR) is 165 cm³/mol. The van der Waals surface area contributed by atoms with Crippen molar-refractivity contribution in [2.75, 3.05) is 0 Å². The van der Waals surface area contributed by atoms with Crippen molar-refractivity contribution in [3.63, 3.8) is 0 Å². The van der Waals surface area contributed by atoms with Crippen LogP contribution in [0.15, 0.2) is 132 Å². The van der Waals surface area contributed by atoms with Crippen molar-refractivity contribution in [1.29, 1.82) is 0 Å². The lowest BCUT2D eigenvalue weighted by molar-refractivity contribution is 0.835. The molecule has 0 saturated carbocycles. The lowest BCUT2D eigenvalue weighted by Gasteiger charge is -2.28. The highest BCUT2D eigenvalue weighted by Crippen LogP contribution is 2.51. The third-order valence-electron chi connectivity index (χ3n) is 6.99. The van der Waals surface area contributed by atoms with E-state index in [0.717, 1.165) is 22.4 Å². The van der Waals surface area contributed by atoms with Gasteiger partial charge >= 0.3 is 0 Å². The SMILES string of the molecule is CC(C)c1cccc(C(C)C)c1N=P(c1ccccc1)(c1ccccc1)c1cccc(-c2ccccc2)n1. The van der Waals surface area contributed by atoms with E-state index in [0.29, 0.717) is 11.8 Å². The largest absolute Gasteiger partial charge is 0.252 e. The highest BCUT2D eigenvalue weighted by Gasteiger charge is 2.30. The molecule has 0 radical (unpaired) electrons. The first-order valence-corrected chi connectivity index (χ1v) is 15.1. The molecular formula is C35H35N2P. The Hall–Kier alpha value is -3.74.